The molecule has 0 bridgehead atoms. The first-order chi connectivity index (χ1) is 12.5. The highest BCUT2D eigenvalue weighted by Gasteiger charge is 2.26. The van der Waals surface area contributed by atoms with E-state index in [4.69, 9.17) is 0 Å². The van der Waals surface area contributed by atoms with Gasteiger partial charge in [-0.25, -0.2) is 5.43 Å². The quantitative estimate of drug-likeness (QED) is 0.418. The maximum Gasteiger partial charge on any atom is 0.329 e. The Labute approximate surface area is 157 Å². The third-order valence-corrected chi connectivity index (χ3v) is 5.44. The lowest BCUT2D eigenvalue weighted by molar-refractivity contribution is -0.139. The van der Waals surface area contributed by atoms with Crippen LogP contribution in [0.2, 0.25) is 0 Å². The van der Waals surface area contributed by atoms with Gasteiger partial charge in [0.25, 0.3) is 0 Å². The minimum Gasteiger partial charge on any atom is -0.345 e. The molecule has 0 saturated heterocycles. The first kappa shape index (κ1) is 18.4. The van der Waals surface area contributed by atoms with E-state index < -0.39 is 11.8 Å². The van der Waals surface area contributed by atoms with Crippen LogP contribution >= 0.6 is 11.8 Å². The summed E-state index contributed by atoms with van der Waals surface area (Å²) in [4.78, 5) is 27.8. The van der Waals surface area contributed by atoms with Crippen LogP contribution in [0.4, 0.5) is 5.69 Å². The highest BCUT2D eigenvalue weighted by molar-refractivity contribution is 8.15. The van der Waals surface area contributed by atoms with Crippen LogP contribution in [0.25, 0.3) is 0 Å². The number of nitrogens with zero attached hydrogens (tertiary/aromatic N) is 2. The fourth-order valence-corrected chi connectivity index (χ4v) is 3.30. The van der Waals surface area contributed by atoms with Crippen LogP contribution in [0.5, 0.6) is 0 Å². The first-order valence-corrected chi connectivity index (χ1v) is 9.66. The summed E-state index contributed by atoms with van der Waals surface area (Å²) in [7, 11) is 0. The van der Waals surface area contributed by atoms with E-state index in [9.17, 15) is 9.59 Å². The van der Waals surface area contributed by atoms with Crippen LogP contribution in [0, 0.1) is 0 Å². The van der Waals surface area contributed by atoms with Gasteiger partial charge in [0.05, 0.1) is 12.3 Å². The Balaban J connectivity index is 1.52. The van der Waals surface area contributed by atoms with E-state index in [1.807, 2.05) is 24.3 Å². The molecule has 1 aliphatic heterocycles. The average molecular weight is 373 g/mol. The van der Waals surface area contributed by atoms with Crippen molar-refractivity contribution < 1.29 is 9.59 Å². The predicted octanol–water partition coefficient (Wildman–Crippen LogP) is 2.10. The number of aliphatic imine (C=N–C) groups is 1. The van der Waals surface area contributed by atoms with Gasteiger partial charge >= 0.3 is 11.8 Å². The predicted molar refractivity (Wildman–Crippen MR) is 106 cm³/mol. The molecule has 1 fully saturated rings. The summed E-state index contributed by atoms with van der Waals surface area (Å²) in [6.45, 7) is 4.81. The van der Waals surface area contributed by atoms with Gasteiger partial charge in [-0.1, -0.05) is 30.8 Å². The zero-order valence-corrected chi connectivity index (χ0v) is 15.7. The normalized spacial score (nSPS) is 19.7. The third kappa shape index (κ3) is 5.08. The van der Waals surface area contributed by atoms with Crippen molar-refractivity contribution in [2.45, 2.75) is 44.4 Å². The first-order valence-electron chi connectivity index (χ1n) is 8.79. The summed E-state index contributed by atoms with van der Waals surface area (Å²) in [6, 6.07) is 7.86. The van der Waals surface area contributed by atoms with Crippen LogP contribution in [-0.2, 0) is 9.59 Å². The summed E-state index contributed by atoms with van der Waals surface area (Å²) >= 11 is 1.77. The monoisotopic (exact) mass is 373 g/mol. The largest absolute Gasteiger partial charge is 0.345 e. The van der Waals surface area contributed by atoms with Crippen molar-refractivity contribution in [3.63, 3.8) is 0 Å². The fraction of sp³-hybridized carbons (Fsp3) is 0.444. The summed E-state index contributed by atoms with van der Waals surface area (Å²) in [5.41, 5.74) is 4.75. The highest BCUT2D eigenvalue weighted by Crippen LogP contribution is 2.24. The SMILES string of the molecule is CC[C@H]1CN=C(Nc2ccc(/C(C)=N\NC(=O)C(=O)NC3CC3)cc2)S1. The van der Waals surface area contributed by atoms with Gasteiger partial charge in [-0.3, -0.25) is 14.6 Å². The van der Waals surface area contributed by atoms with Crippen LogP contribution in [0.1, 0.15) is 38.7 Å². The van der Waals surface area contributed by atoms with Crippen LogP contribution in [-0.4, -0.2) is 40.5 Å². The number of anilines is 1. The van der Waals surface area contributed by atoms with Gasteiger partial charge in [0.15, 0.2) is 5.17 Å². The lowest BCUT2D eigenvalue weighted by atomic mass is 10.1. The molecule has 0 aromatic heterocycles. The molecule has 1 aliphatic carbocycles. The molecule has 1 aromatic rings. The van der Waals surface area contributed by atoms with E-state index in [2.05, 4.69) is 33.1 Å². The molecule has 2 aliphatic rings. The molecule has 138 valence electrons. The molecule has 1 heterocycles. The summed E-state index contributed by atoms with van der Waals surface area (Å²) in [6.07, 6.45) is 2.98. The van der Waals surface area contributed by atoms with Crippen LogP contribution in [0.15, 0.2) is 34.4 Å². The van der Waals surface area contributed by atoms with Gasteiger partial charge in [-0.2, -0.15) is 5.10 Å². The number of amides is 2. The molecule has 8 heteroatoms. The van der Waals surface area contributed by atoms with Crippen molar-refractivity contribution in [1.29, 1.82) is 0 Å². The zero-order valence-electron chi connectivity index (χ0n) is 14.9. The standard InChI is InChI=1S/C18H23N5O2S/c1-3-15-10-19-18(26-15)21-14-6-4-12(5-7-14)11(2)22-23-17(25)16(24)20-13-8-9-13/h4-7,13,15H,3,8-10H2,1-2H3,(H,19,21)(H,20,24)(H,23,25)/b22-11-/t15-/m0/s1. The zero-order chi connectivity index (χ0) is 18.5. The van der Waals surface area contributed by atoms with E-state index in [0.717, 1.165) is 42.2 Å². The van der Waals surface area contributed by atoms with Gasteiger partial charge in [0.2, 0.25) is 0 Å². The number of nitrogens with one attached hydrogen (secondary N) is 3. The molecule has 0 spiro atoms. The van der Waals surface area contributed by atoms with Crippen molar-refractivity contribution in [3.05, 3.63) is 29.8 Å². The smallest absolute Gasteiger partial charge is 0.329 e. The Kier molecular flexibility index (Phi) is 5.92. The van der Waals surface area contributed by atoms with E-state index in [0.29, 0.717) is 11.0 Å². The number of benzene rings is 1. The summed E-state index contributed by atoms with van der Waals surface area (Å²) < 4.78 is 0. The number of hydrogen-bond donors (Lipinski definition) is 3. The molecular weight excluding hydrogens is 350 g/mol. The summed E-state index contributed by atoms with van der Waals surface area (Å²) in [5.74, 6) is -1.37. The molecule has 0 unspecified atom stereocenters. The number of amidine groups is 1. The summed E-state index contributed by atoms with van der Waals surface area (Å²) in [5, 5.41) is 11.5. The average Bonchev–Trinajstić information content (AvgIpc) is 3.35. The molecule has 2 amide bonds. The number of hydrazone groups is 1. The third-order valence-electron chi connectivity index (χ3n) is 4.17. The van der Waals surface area contributed by atoms with Crippen LogP contribution in [0.3, 0.4) is 0 Å². The second-order valence-corrected chi connectivity index (χ2v) is 7.67. The minimum atomic E-state index is -0.740. The molecular formula is C18H23N5O2S. The fourth-order valence-electron chi connectivity index (χ4n) is 2.35. The van der Waals surface area contributed by atoms with E-state index >= 15 is 0 Å². The lowest BCUT2D eigenvalue weighted by Gasteiger charge is -2.08. The van der Waals surface area contributed by atoms with Crippen molar-refractivity contribution in [3.8, 4) is 0 Å². The number of thioether (sulfide) groups is 1. The van der Waals surface area contributed by atoms with E-state index in [1.165, 1.54) is 0 Å². The maximum absolute atomic E-state index is 11.7. The highest BCUT2D eigenvalue weighted by atomic mass is 32.2. The van der Waals surface area contributed by atoms with Crippen molar-refractivity contribution in [1.82, 2.24) is 10.7 Å². The number of rotatable bonds is 5. The molecule has 3 N–H and O–H groups in total. The Hall–Kier alpha value is -2.35. The molecule has 1 saturated carbocycles. The number of carbonyl (C=O) groups excluding carboxylic acids is 2. The minimum absolute atomic E-state index is 0.147. The Morgan fingerprint density at radius 3 is 2.58 bits per heavy atom. The molecule has 3 rings (SSSR count). The molecule has 7 nitrogen and oxygen atoms in total. The molecule has 26 heavy (non-hydrogen) atoms. The van der Waals surface area contributed by atoms with Crippen molar-refractivity contribution in [2.24, 2.45) is 10.1 Å². The number of carbonyl (C=O) groups is 2. The van der Waals surface area contributed by atoms with Gasteiger partial charge in [-0.15, -0.1) is 0 Å². The second-order valence-electron chi connectivity index (χ2n) is 6.38. The topological polar surface area (TPSA) is 94.9 Å². The Morgan fingerprint density at radius 2 is 1.96 bits per heavy atom. The maximum atomic E-state index is 11.7. The lowest BCUT2D eigenvalue weighted by Crippen LogP contribution is -2.39. The Bertz CT molecular complexity index is 740. The van der Waals surface area contributed by atoms with Gasteiger partial charge in [-0.05, 0) is 43.9 Å². The van der Waals surface area contributed by atoms with Crippen molar-refractivity contribution >= 4 is 40.1 Å². The van der Waals surface area contributed by atoms with E-state index in [-0.39, 0.29) is 6.04 Å². The van der Waals surface area contributed by atoms with E-state index in [1.54, 1.807) is 18.7 Å². The van der Waals surface area contributed by atoms with Gasteiger partial charge in [0, 0.05) is 17.0 Å². The molecule has 1 aromatic carbocycles. The number of hydrogen-bond acceptors (Lipinski definition) is 6. The molecule has 0 radical (unpaired) electrons. The molecule has 1 atom stereocenters. The second kappa shape index (κ2) is 8.35. The van der Waals surface area contributed by atoms with Crippen LogP contribution < -0.4 is 16.1 Å². The van der Waals surface area contributed by atoms with Gasteiger partial charge in [0.1, 0.15) is 0 Å². The van der Waals surface area contributed by atoms with Gasteiger partial charge < -0.3 is 10.6 Å². The van der Waals surface area contributed by atoms with Crippen molar-refractivity contribution in [2.75, 3.05) is 11.9 Å². The Morgan fingerprint density at radius 1 is 1.23 bits per heavy atom.